The summed E-state index contributed by atoms with van der Waals surface area (Å²) in [4.78, 5) is 31.7. The zero-order valence-corrected chi connectivity index (χ0v) is 15.8. The van der Waals surface area contributed by atoms with Gasteiger partial charge in [-0.25, -0.2) is 4.98 Å². The number of carbonyl (C=O) groups excluding carboxylic acids is 2. The Morgan fingerprint density at radius 3 is 2.93 bits per heavy atom. The van der Waals surface area contributed by atoms with E-state index in [2.05, 4.69) is 16.4 Å². The number of anilines is 1. The molecule has 3 aromatic rings. The fourth-order valence-corrected chi connectivity index (χ4v) is 4.64. The number of carbonyl (C=O) groups is 2. The number of fused-ring (bicyclic) bond motifs is 2. The Morgan fingerprint density at radius 1 is 1.37 bits per heavy atom. The minimum absolute atomic E-state index is 0.0134. The molecule has 1 aliphatic rings. The maximum Gasteiger partial charge on any atom is 0.275 e. The lowest BCUT2D eigenvalue weighted by Gasteiger charge is -2.25. The van der Waals surface area contributed by atoms with Gasteiger partial charge in [0.1, 0.15) is 22.4 Å². The van der Waals surface area contributed by atoms with Gasteiger partial charge in [0.25, 0.3) is 5.91 Å². The molecular formula is C19H17N5O2S. The molecule has 3 aromatic heterocycles. The van der Waals surface area contributed by atoms with E-state index in [0.717, 1.165) is 10.4 Å². The fourth-order valence-electron chi connectivity index (χ4n) is 3.43. The summed E-state index contributed by atoms with van der Waals surface area (Å²) in [5.41, 5.74) is 3.21. The van der Waals surface area contributed by atoms with E-state index in [-0.39, 0.29) is 11.8 Å². The largest absolute Gasteiger partial charge is 0.337 e. The maximum absolute atomic E-state index is 12.9. The molecule has 1 N–H and O–H groups in total. The van der Waals surface area contributed by atoms with Gasteiger partial charge in [0, 0.05) is 24.5 Å². The molecule has 0 atom stereocenters. The molecule has 7 nitrogen and oxygen atoms in total. The van der Waals surface area contributed by atoms with E-state index in [0.29, 0.717) is 47.1 Å². The summed E-state index contributed by atoms with van der Waals surface area (Å²) in [6, 6.07) is 7.76. The number of nitrogens with zero attached hydrogens (tertiary/aromatic N) is 4. The Labute approximate surface area is 159 Å². The number of rotatable bonds is 2. The molecule has 0 aliphatic carbocycles. The molecule has 27 heavy (non-hydrogen) atoms. The Hall–Kier alpha value is -3.18. The summed E-state index contributed by atoms with van der Waals surface area (Å²) in [5, 5.41) is 13.0. The Kier molecular flexibility index (Phi) is 4.16. The van der Waals surface area contributed by atoms with Gasteiger partial charge in [-0.1, -0.05) is 6.07 Å². The summed E-state index contributed by atoms with van der Waals surface area (Å²) < 4.78 is 1.74. The third-order valence-electron chi connectivity index (χ3n) is 4.76. The highest BCUT2D eigenvalue weighted by Crippen LogP contribution is 2.37. The SMILES string of the molecule is CC(=O)N1CCc2c(sc(NC(=O)c3c(C)nc4ccccn34)c2C#N)C1. The van der Waals surface area contributed by atoms with Gasteiger partial charge in [0.2, 0.25) is 5.91 Å². The minimum Gasteiger partial charge on any atom is -0.337 e. The van der Waals surface area contributed by atoms with Crippen LogP contribution in [0.3, 0.4) is 0 Å². The Balaban J connectivity index is 1.69. The van der Waals surface area contributed by atoms with E-state index in [1.54, 1.807) is 29.3 Å². The van der Waals surface area contributed by atoms with Crippen molar-refractivity contribution < 1.29 is 9.59 Å². The smallest absolute Gasteiger partial charge is 0.275 e. The molecule has 0 spiro atoms. The van der Waals surface area contributed by atoms with Gasteiger partial charge in [-0.2, -0.15) is 5.26 Å². The number of hydrogen-bond acceptors (Lipinski definition) is 5. The van der Waals surface area contributed by atoms with E-state index in [1.807, 2.05) is 18.2 Å². The molecule has 0 saturated carbocycles. The van der Waals surface area contributed by atoms with Crippen LogP contribution >= 0.6 is 11.3 Å². The van der Waals surface area contributed by atoms with Crippen LogP contribution in [-0.4, -0.2) is 32.6 Å². The number of hydrogen-bond donors (Lipinski definition) is 1. The number of imidazole rings is 1. The standard InChI is InChI=1S/C19H17N5O2S/c1-11-17(24-7-4-3-5-16(24)21-11)18(26)22-19-14(9-20)13-6-8-23(12(2)25)10-15(13)27-19/h3-5,7H,6,8,10H2,1-2H3,(H,22,26). The summed E-state index contributed by atoms with van der Waals surface area (Å²) in [6.07, 6.45) is 2.42. The first-order chi connectivity index (χ1) is 13.0. The van der Waals surface area contributed by atoms with Crippen molar-refractivity contribution in [3.05, 3.63) is 51.8 Å². The third kappa shape index (κ3) is 2.86. The monoisotopic (exact) mass is 379 g/mol. The molecule has 1 aliphatic heterocycles. The molecule has 0 saturated heterocycles. The van der Waals surface area contributed by atoms with Gasteiger partial charge >= 0.3 is 0 Å². The molecule has 0 aromatic carbocycles. The van der Waals surface area contributed by atoms with Crippen molar-refractivity contribution in [1.82, 2.24) is 14.3 Å². The van der Waals surface area contributed by atoms with Crippen LogP contribution in [0.5, 0.6) is 0 Å². The van der Waals surface area contributed by atoms with Gasteiger partial charge in [0.15, 0.2) is 0 Å². The molecule has 0 radical (unpaired) electrons. The van der Waals surface area contributed by atoms with Crippen molar-refractivity contribution >= 4 is 33.8 Å². The highest BCUT2D eigenvalue weighted by Gasteiger charge is 2.27. The fraction of sp³-hybridized carbons (Fsp3) is 0.263. The van der Waals surface area contributed by atoms with Crippen LogP contribution < -0.4 is 5.32 Å². The number of nitriles is 1. The van der Waals surface area contributed by atoms with Crippen LogP contribution in [0.4, 0.5) is 5.00 Å². The van der Waals surface area contributed by atoms with Gasteiger partial charge in [-0.05, 0) is 31.0 Å². The average Bonchev–Trinajstić information content (AvgIpc) is 3.16. The first-order valence-corrected chi connectivity index (χ1v) is 9.36. The van der Waals surface area contributed by atoms with Crippen LogP contribution in [0.25, 0.3) is 5.65 Å². The minimum atomic E-state index is -0.301. The van der Waals surface area contributed by atoms with Crippen LogP contribution in [0, 0.1) is 18.3 Å². The molecule has 136 valence electrons. The number of aryl methyl sites for hydroxylation is 1. The van der Waals surface area contributed by atoms with Gasteiger partial charge in [0.05, 0.1) is 17.8 Å². The highest BCUT2D eigenvalue weighted by molar-refractivity contribution is 7.16. The average molecular weight is 379 g/mol. The molecule has 4 heterocycles. The highest BCUT2D eigenvalue weighted by atomic mass is 32.1. The van der Waals surface area contributed by atoms with Crippen molar-refractivity contribution in [2.24, 2.45) is 0 Å². The summed E-state index contributed by atoms with van der Waals surface area (Å²) in [7, 11) is 0. The van der Waals surface area contributed by atoms with E-state index < -0.39 is 0 Å². The van der Waals surface area contributed by atoms with Crippen molar-refractivity contribution in [3.8, 4) is 6.07 Å². The molecule has 2 amide bonds. The lowest BCUT2D eigenvalue weighted by atomic mass is 10.0. The van der Waals surface area contributed by atoms with Crippen molar-refractivity contribution in [3.63, 3.8) is 0 Å². The third-order valence-corrected chi connectivity index (χ3v) is 5.89. The van der Waals surface area contributed by atoms with Gasteiger partial charge in [-0.3, -0.25) is 14.0 Å². The summed E-state index contributed by atoms with van der Waals surface area (Å²) >= 11 is 1.37. The second-order valence-electron chi connectivity index (χ2n) is 6.44. The quantitative estimate of drug-likeness (QED) is 0.741. The molecule has 0 fully saturated rings. The van der Waals surface area contributed by atoms with Crippen molar-refractivity contribution in [2.45, 2.75) is 26.8 Å². The first kappa shape index (κ1) is 17.2. The number of thiophene rings is 1. The predicted molar refractivity (Wildman–Crippen MR) is 102 cm³/mol. The number of nitrogens with one attached hydrogen (secondary N) is 1. The van der Waals surface area contributed by atoms with Crippen LogP contribution in [0.2, 0.25) is 0 Å². The second kappa shape index (κ2) is 6.52. The van der Waals surface area contributed by atoms with E-state index in [9.17, 15) is 14.9 Å². The van der Waals surface area contributed by atoms with Crippen molar-refractivity contribution in [1.29, 1.82) is 5.26 Å². The molecular weight excluding hydrogens is 362 g/mol. The van der Waals surface area contributed by atoms with Crippen molar-refractivity contribution in [2.75, 3.05) is 11.9 Å². The molecule has 0 unspecified atom stereocenters. The topological polar surface area (TPSA) is 90.5 Å². The van der Waals surface area contributed by atoms with E-state index in [1.165, 1.54) is 11.3 Å². The Bertz CT molecular complexity index is 1120. The first-order valence-electron chi connectivity index (χ1n) is 8.54. The number of pyridine rings is 1. The number of amides is 2. The molecule has 8 heteroatoms. The zero-order valence-electron chi connectivity index (χ0n) is 14.9. The lowest BCUT2D eigenvalue weighted by molar-refractivity contribution is -0.129. The summed E-state index contributed by atoms with van der Waals surface area (Å²) in [5.74, 6) is -0.288. The molecule has 4 rings (SSSR count). The Morgan fingerprint density at radius 2 is 2.19 bits per heavy atom. The molecule has 0 bridgehead atoms. The number of aromatic nitrogens is 2. The normalized spacial score (nSPS) is 13.3. The zero-order chi connectivity index (χ0) is 19.1. The van der Waals surface area contributed by atoms with E-state index >= 15 is 0 Å². The summed E-state index contributed by atoms with van der Waals surface area (Å²) in [6.45, 7) is 4.40. The lowest BCUT2D eigenvalue weighted by Crippen LogP contribution is -2.33. The predicted octanol–water partition coefficient (Wildman–Crippen LogP) is 2.73. The van der Waals surface area contributed by atoms with Crippen LogP contribution in [0.1, 0.15) is 39.1 Å². The second-order valence-corrected chi connectivity index (χ2v) is 7.54. The maximum atomic E-state index is 12.9. The van der Waals surface area contributed by atoms with Crippen LogP contribution in [-0.2, 0) is 17.8 Å². The van der Waals surface area contributed by atoms with Crippen LogP contribution in [0.15, 0.2) is 24.4 Å². The van der Waals surface area contributed by atoms with E-state index in [4.69, 9.17) is 0 Å². The van der Waals surface area contributed by atoms with Gasteiger partial charge < -0.3 is 10.2 Å². The van der Waals surface area contributed by atoms with Gasteiger partial charge in [-0.15, -0.1) is 11.3 Å².